The van der Waals surface area contributed by atoms with Gasteiger partial charge in [0.2, 0.25) is 0 Å². The van der Waals surface area contributed by atoms with E-state index in [-0.39, 0.29) is 12.1 Å². The quantitative estimate of drug-likeness (QED) is 0.308. The Morgan fingerprint density at radius 3 is 1.87 bits per heavy atom. The molecule has 0 amide bonds. The second kappa shape index (κ2) is 8.98. The summed E-state index contributed by atoms with van der Waals surface area (Å²) in [5.41, 5.74) is 0. The molecule has 0 radical (unpaired) electrons. The highest BCUT2D eigenvalue weighted by molar-refractivity contribution is 4.80. The molecule has 94 valence electrons. The second-order valence-electron chi connectivity index (χ2n) is 2.96. The summed E-state index contributed by atoms with van der Waals surface area (Å²) in [5.74, 6) is 0. The molecule has 0 aromatic rings. The Morgan fingerprint density at radius 2 is 1.47 bits per heavy atom. The van der Waals surface area contributed by atoms with Gasteiger partial charge in [-0.05, 0) is 6.92 Å². The van der Waals surface area contributed by atoms with Gasteiger partial charge in [0, 0.05) is 6.61 Å². The van der Waals surface area contributed by atoms with Gasteiger partial charge >= 0.3 is 0 Å². The molecule has 0 aromatic heterocycles. The first-order valence-corrected chi connectivity index (χ1v) is 4.45. The molecule has 7 nitrogen and oxygen atoms in total. The Balaban J connectivity index is 0. The van der Waals surface area contributed by atoms with Crippen LogP contribution in [0.5, 0.6) is 0 Å². The van der Waals surface area contributed by atoms with E-state index >= 15 is 0 Å². The number of ether oxygens (including phenoxy) is 1. The summed E-state index contributed by atoms with van der Waals surface area (Å²) in [5, 5.41) is 45.1. The van der Waals surface area contributed by atoms with E-state index in [0.717, 1.165) is 0 Å². The molecule has 0 saturated heterocycles. The zero-order chi connectivity index (χ0) is 11.1. The van der Waals surface area contributed by atoms with Crippen LogP contribution >= 0.6 is 0 Å². The van der Waals surface area contributed by atoms with Crippen LogP contribution in [-0.4, -0.2) is 75.2 Å². The van der Waals surface area contributed by atoms with Crippen molar-refractivity contribution < 1.29 is 35.7 Å². The van der Waals surface area contributed by atoms with E-state index in [1.165, 1.54) is 0 Å². The lowest BCUT2D eigenvalue weighted by Crippen LogP contribution is -2.47. The summed E-state index contributed by atoms with van der Waals surface area (Å²) in [6.45, 7) is 1.28. The van der Waals surface area contributed by atoms with Gasteiger partial charge in [-0.1, -0.05) is 0 Å². The van der Waals surface area contributed by atoms with Crippen molar-refractivity contribution in [1.82, 2.24) is 0 Å². The zero-order valence-electron chi connectivity index (χ0n) is 8.58. The molecule has 0 aliphatic rings. The average molecular weight is 228 g/mol. The fraction of sp³-hybridized carbons (Fsp3) is 1.00. The zero-order valence-corrected chi connectivity index (χ0v) is 8.58. The van der Waals surface area contributed by atoms with Crippen molar-refractivity contribution in [3.05, 3.63) is 0 Å². The third-order valence-electron chi connectivity index (χ3n) is 1.82. The SMILES string of the molecule is CCOCC(O)C(O)C(O)C(O)CO.O. The van der Waals surface area contributed by atoms with E-state index < -0.39 is 31.0 Å². The van der Waals surface area contributed by atoms with Crippen LogP contribution in [0.1, 0.15) is 6.92 Å². The molecule has 0 aromatic carbocycles. The van der Waals surface area contributed by atoms with E-state index in [9.17, 15) is 15.3 Å². The second-order valence-corrected chi connectivity index (χ2v) is 2.96. The summed E-state index contributed by atoms with van der Waals surface area (Å²) in [4.78, 5) is 0. The third kappa shape index (κ3) is 6.00. The summed E-state index contributed by atoms with van der Waals surface area (Å²) in [6, 6.07) is 0. The van der Waals surface area contributed by atoms with Crippen molar-refractivity contribution in [3.63, 3.8) is 0 Å². The minimum atomic E-state index is -1.59. The highest BCUT2D eigenvalue weighted by Crippen LogP contribution is 2.05. The van der Waals surface area contributed by atoms with E-state index in [1.54, 1.807) is 6.92 Å². The lowest BCUT2D eigenvalue weighted by Gasteiger charge is -2.25. The normalized spacial score (nSPS) is 18.8. The highest BCUT2D eigenvalue weighted by Gasteiger charge is 2.29. The Kier molecular flexibility index (Phi) is 10.3. The van der Waals surface area contributed by atoms with E-state index in [1.807, 2.05) is 0 Å². The van der Waals surface area contributed by atoms with Gasteiger partial charge in [-0.15, -0.1) is 0 Å². The fourth-order valence-electron chi connectivity index (χ4n) is 0.900. The maximum absolute atomic E-state index is 9.26. The lowest BCUT2D eigenvalue weighted by atomic mass is 10.0. The minimum absolute atomic E-state index is 0. The van der Waals surface area contributed by atoms with Crippen molar-refractivity contribution in [2.45, 2.75) is 31.3 Å². The fourth-order valence-corrected chi connectivity index (χ4v) is 0.900. The summed E-state index contributed by atoms with van der Waals surface area (Å²) < 4.78 is 4.81. The van der Waals surface area contributed by atoms with Crippen LogP contribution in [-0.2, 0) is 4.74 Å². The average Bonchev–Trinajstić information content (AvgIpc) is 2.22. The molecule has 0 aliphatic heterocycles. The molecule has 7 N–H and O–H groups in total. The van der Waals surface area contributed by atoms with E-state index in [4.69, 9.17) is 14.9 Å². The summed E-state index contributed by atoms with van der Waals surface area (Å²) in [6.07, 6.45) is -5.88. The van der Waals surface area contributed by atoms with Crippen LogP contribution < -0.4 is 0 Å². The van der Waals surface area contributed by atoms with Crippen LogP contribution in [0.4, 0.5) is 0 Å². The largest absolute Gasteiger partial charge is 0.412 e. The third-order valence-corrected chi connectivity index (χ3v) is 1.82. The van der Waals surface area contributed by atoms with Crippen molar-refractivity contribution >= 4 is 0 Å². The molecule has 0 bridgehead atoms. The van der Waals surface area contributed by atoms with Gasteiger partial charge in [-0.3, -0.25) is 0 Å². The van der Waals surface area contributed by atoms with Crippen molar-refractivity contribution in [1.29, 1.82) is 0 Å². The Hall–Kier alpha value is -0.280. The Morgan fingerprint density at radius 1 is 1.00 bits per heavy atom. The molecule has 4 unspecified atom stereocenters. The summed E-state index contributed by atoms with van der Waals surface area (Å²) in [7, 11) is 0. The topological polar surface area (TPSA) is 142 Å². The first-order valence-electron chi connectivity index (χ1n) is 4.45. The molecule has 0 rings (SSSR count). The van der Waals surface area contributed by atoms with Crippen LogP contribution in [0.3, 0.4) is 0 Å². The minimum Gasteiger partial charge on any atom is -0.412 e. The van der Waals surface area contributed by atoms with Gasteiger partial charge in [-0.25, -0.2) is 0 Å². The molecule has 0 heterocycles. The monoisotopic (exact) mass is 228 g/mol. The number of aliphatic hydroxyl groups is 5. The van der Waals surface area contributed by atoms with Crippen molar-refractivity contribution in [2.24, 2.45) is 0 Å². The predicted molar refractivity (Wildman–Crippen MR) is 51.2 cm³/mol. The van der Waals surface area contributed by atoms with Gasteiger partial charge in [-0.2, -0.15) is 0 Å². The predicted octanol–water partition coefficient (Wildman–Crippen LogP) is -3.37. The number of hydrogen-bond acceptors (Lipinski definition) is 6. The maximum atomic E-state index is 9.26. The van der Waals surface area contributed by atoms with Gasteiger partial charge in [0.1, 0.15) is 24.4 Å². The molecule has 15 heavy (non-hydrogen) atoms. The number of rotatable bonds is 7. The van der Waals surface area contributed by atoms with Gasteiger partial charge in [0.15, 0.2) is 0 Å². The Labute approximate surface area is 87.9 Å². The maximum Gasteiger partial charge on any atom is 0.111 e. The van der Waals surface area contributed by atoms with E-state index in [2.05, 4.69) is 0 Å². The molecule has 0 fully saturated rings. The molecule has 4 atom stereocenters. The number of aliphatic hydroxyl groups excluding tert-OH is 5. The first kappa shape index (κ1) is 17.1. The molecule has 0 saturated carbocycles. The van der Waals surface area contributed by atoms with Crippen LogP contribution in [0.2, 0.25) is 0 Å². The van der Waals surface area contributed by atoms with E-state index in [0.29, 0.717) is 6.61 Å². The van der Waals surface area contributed by atoms with Gasteiger partial charge < -0.3 is 35.7 Å². The van der Waals surface area contributed by atoms with Crippen molar-refractivity contribution in [2.75, 3.05) is 19.8 Å². The van der Waals surface area contributed by atoms with Crippen molar-refractivity contribution in [3.8, 4) is 0 Å². The smallest absolute Gasteiger partial charge is 0.111 e. The molecular formula is C8H20O7. The highest BCUT2D eigenvalue weighted by atomic mass is 16.5. The molecule has 7 heteroatoms. The Bertz CT molecular complexity index is 143. The van der Waals surface area contributed by atoms with Gasteiger partial charge in [0.05, 0.1) is 13.2 Å². The molecular weight excluding hydrogens is 208 g/mol. The standard InChI is InChI=1S/C8H18O6.H2O/c1-2-14-4-6(11)8(13)7(12)5(10)3-9;/h5-13H,2-4H2,1H3;1H2. The first-order chi connectivity index (χ1) is 6.54. The molecule has 0 spiro atoms. The van der Waals surface area contributed by atoms with Crippen LogP contribution in [0, 0.1) is 0 Å². The number of hydrogen-bond donors (Lipinski definition) is 5. The summed E-state index contributed by atoms with van der Waals surface area (Å²) >= 11 is 0. The van der Waals surface area contributed by atoms with Gasteiger partial charge in [0.25, 0.3) is 0 Å². The lowest BCUT2D eigenvalue weighted by molar-refractivity contribution is -0.128. The molecule has 0 aliphatic carbocycles. The van der Waals surface area contributed by atoms with Crippen LogP contribution in [0.25, 0.3) is 0 Å². The van der Waals surface area contributed by atoms with Crippen LogP contribution in [0.15, 0.2) is 0 Å².